The Hall–Kier alpha value is -2.87. The Balaban J connectivity index is 1.97. The maximum Gasteiger partial charge on any atom is 0.0945 e. The summed E-state index contributed by atoms with van der Waals surface area (Å²) in [5.74, 6) is 0. The third-order valence-electron chi connectivity index (χ3n) is 4.78. The quantitative estimate of drug-likeness (QED) is 0.497. The zero-order valence-corrected chi connectivity index (χ0v) is 14.0. The van der Waals surface area contributed by atoms with Gasteiger partial charge in [0.25, 0.3) is 0 Å². The summed E-state index contributed by atoms with van der Waals surface area (Å²) in [6.45, 7) is 5.27. The first-order chi connectivity index (χ1) is 11.8. The molecule has 0 atom stereocenters. The Morgan fingerprint density at radius 3 is 2.21 bits per heavy atom. The van der Waals surface area contributed by atoms with E-state index >= 15 is 0 Å². The standard InChI is InChI=1S/C22H20N2/c1-16-17(2)24(15-18-9-5-3-6-10-18)22-20(16)13-14-23-21(22)19-11-7-4-8-12-19/h3-14H,15H2,1-2H3. The monoisotopic (exact) mass is 312 g/mol. The molecule has 0 aliphatic carbocycles. The van der Waals surface area contributed by atoms with Gasteiger partial charge in [-0.2, -0.15) is 0 Å². The number of nitrogens with zero attached hydrogens (tertiary/aromatic N) is 2. The molecule has 0 bridgehead atoms. The van der Waals surface area contributed by atoms with Crippen LogP contribution in [0, 0.1) is 13.8 Å². The van der Waals surface area contributed by atoms with Gasteiger partial charge in [0.1, 0.15) is 0 Å². The Kier molecular flexibility index (Phi) is 3.66. The largest absolute Gasteiger partial charge is 0.338 e. The number of aromatic nitrogens is 2. The van der Waals surface area contributed by atoms with Gasteiger partial charge < -0.3 is 4.57 Å². The lowest BCUT2D eigenvalue weighted by molar-refractivity contribution is 0.800. The summed E-state index contributed by atoms with van der Waals surface area (Å²) >= 11 is 0. The predicted molar refractivity (Wildman–Crippen MR) is 100 cm³/mol. The molecule has 0 amide bonds. The van der Waals surface area contributed by atoms with Crippen molar-refractivity contribution in [3.63, 3.8) is 0 Å². The van der Waals surface area contributed by atoms with Gasteiger partial charge in [-0.15, -0.1) is 0 Å². The number of hydrogen-bond donors (Lipinski definition) is 0. The van der Waals surface area contributed by atoms with Crippen LogP contribution in [0.5, 0.6) is 0 Å². The van der Waals surface area contributed by atoms with E-state index in [-0.39, 0.29) is 0 Å². The average Bonchev–Trinajstić information content (AvgIpc) is 2.88. The highest BCUT2D eigenvalue weighted by atomic mass is 15.0. The summed E-state index contributed by atoms with van der Waals surface area (Å²) in [4.78, 5) is 4.71. The van der Waals surface area contributed by atoms with E-state index < -0.39 is 0 Å². The maximum atomic E-state index is 4.71. The number of benzene rings is 2. The molecule has 0 fully saturated rings. The zero-order valence-electron chi connectivity index (χ0n) is 14.0. The van der Waals surface area contributed by atoms with E-state index in [2.05, 4.69) is 79.1 Å². The normalized spacial score (nSPS) is 11.1. The number of rotatable bonds is 3. The van der Waals surface area contributed by atoms with Crippen molar-refractivity contribution in [2.45, 2.75) is 20.4 Å². The van der Waals surface area contributed by atoms with Gasteiger partial charge in [0.15, 0.2) is 0 Å². The summed E-state index contributed by atoms with van der Waals surface area (Å²) in [5.41, 5.74) is 7.39. The average molecular weight is 312 g/mol. The molecule has 2 heterocycles. The summed E-state index contributed by atoms with van der Waals surface area (Å²) < 4.78 is 2.40. The lowest BCUT2D eigenvalue weighted by Crippen LogP contribution is -2.03. The second-order valence-electron chi connectivity index (χ2n) is 6.20. The van der Waals surface area contributed by atoms with Crippen molar-refractivity contribution >= 4 is 10.9 Å². The van der Waals surface area contributed by atoms with Crippen LogP contribution < -0.4 is 0 Å². The summed E-state index contributed by atoms with van der Waals surface area (Å²) in [7, 11) is 0. The van der Waals surface area contributed by atoms with Gasteiger partial charge in [-0.3, -0.25) is 4.98 Å². The molecule has 2 aromatic heterocycles. The van der Waals surface area contributed by atoms with Crippen molar-refractivity contribution in [2.24, 2.45) is 0 Å². The second-order valence-corrected chi connectivity index (χ2v) is 6.20. The number of pyridine rings is 1. The van der Waals surface area contributed by atoms with Gasteiger partial charge in [0, 0.05) is 29.4 Å². The Morgan fingerprint density at radius 1 is 0.833 bits per heavy atom. The number of aryl methyl sites for hydroxylation is 1. The molecule has 0 N–H and O–H groups in total. The highest BCUT2D eigenvalue weighted by Crippen LogP contribution is 2.32. The van der Waals surface area contributed by atoms with E-state index in [1.807, 2.05) is 12.3 Å². The van der Waals surface area contributed by atoms with Crippen LogP contribution in [-0.2, 0) is 6.54 Å². The van der Waals surface area contributed by atoms with Gasteiger partial charge in [-0.05, 0) is 31.0 Å². The molecular formula is C22H20N2. The van der Waals surface area contributed by atoms with Crippen LogP contribution in [-0.4, -0.2) is 9.55 Å². The van der Waals surface area contributed by atoms with Crippen LogP contribution in [0.2, 0.25) is 0 Å². The highest BCUT2D eigenvalue weighted by molar-refractivity contribution is 5.95. The maximum absolute atomic E-state index is 4.71. The molecule has 24 heavy (non-hydrogen) atoms. The number of fused-ring (bicyclic) bond motifs is 1. The van der Waals surface area contributed by atoms with Crippen molar-refractivity contribution in [1.29, 1.82) is 0 Å². The Morgan fingerprint density at radius 2 is 1.50 bits per heavy atom. The topological polar surface area (TPSA) is 17.8 Å². The van der Waals surface area contributed by atoms with Crippen LogP contribution in [0.3, 0.4) is 0 Å². The van der Waals surface area contributed by atoms with E-state index in [1.165, 1.54) is 27.7 Å². The van der Waals surface area contributed by atoms with E-state index in [0.717, 1.165) is 17.8 Å². The minimum atomic E-state index is 0.864. The van der Waals surface area contributed by atoms with Crippen molar-refractivity contribution in [3.05, 3.63) is 89.7 Å². The lowest BCUT2D eigenvalue weighted by Gasteiger charge is -2.11. The van der Waals surface area contributed by atoms with Gasteiger partial charge in [-0.25, -0.2) is 0 Å². The molecule has 0 saturated carbocycles. The molecule has 0 saturated heterocycles. The predicted octanol–water partition coefficient (Wildman–Crippen LogP) is 5.37. The van der Waals surface area contributed by atoms with Gasteiger partial charge in [-0.1, -0.05) is 60.7 Å². The molecule has 0 spiro atoms. The van der Waals surface area contributed by atoms with Crippen LogP contribution in [0.15, 0.2) is 72.9 Å². The highest BCUT2D eigenvalue weighted by Gasteiger charge is 2.16. The number of hydrogen-bond acceptors (Lipinski definition) is 1. The summed E-state index contributed by atoms with van der Waals surface area (Å²) in [5, 5.41) is 1.29. The minimum absolute atomic E-state index is 0.864. The van der Waals surface area contributed by atoms with Crippen LogP contribution >= 0.6 is 0 Å². The van der Waals surface area contributed by atoms with Crippen molar-refractivity contribution < 1.29 is 0 Å². The molecule has 2 aromatic carbocycles. The molecule has 118 valence electrons. The lowest BCUT2D eigenvalue weighted by atomic mass is 10.1. The molecule has 0 aliphatic rings. The third kappa shape index (κ3) is 2.41. The molecule has 2 nitrogen and oxygen atoms in total. The molecule has 0 unspecified atom stereocenters. The zero-order chi connectivity index (χ0) is 16.5. The van der Waals surface area contributed by atoms with Gasteiger partial charge in [0.2, 0.25) is 0 Å². The fraction of sp³-hybridized carbons (Fsp3) is 0.136. The molecule has 0 aliphatic heterocycles. The first-order valence-electron chi connectivity index (χ1n) is 8.29. The molecule has 4 aromatic rings. The van der Waals surface area contributed by atoms with Crippen LogP contribution in [0.4, 0.5) is 0 Å². The van der Waals surface area contributed by atoms with Crippen LogP contribution in [0.1, 0.15) is 16.8 Å². The smallest absolute Gasteiger partial charge is 0.0945 e. The Bertz CT molecular complexity index is 983. The second kappa shape index (κ2) is 5.97. The third-order valence-corrected chi connectivity index (χ3v) is 4.78. The van der Waals surface area contributed by atoms with E-state index in [9.17, 15) is 0 Å². The fourth-order valence-corrected chi connectivity index (χ4v) is 3.37. The molecule has 2 heteroatoms. The van der Waals surface area contributed by atoms with E-state index in [1.54, 1.807) is 0 Å². The van der Waals surface area contributed by atoms with Crippen molar-refractivity contribution in [2.75, 3.05) is 0 Å². The van der Waals surface area contributed by atoms with Crippen LogP contribution in [0.25, 0.3) is 22.2 Å². The first kappa shape index (κ1) is 14.7. The van der Waals surface area contributed by atoms with Crippen molar-refractivity contribution in [1.82, 2.24) is 9.55 Å². The van der Waals surface area contributed by atoms with Gasteiger partial charge >= 0.3 is 0 Å². The van der Waals surface area contributed by atoms with Crippen molar-refractivity contribution in [3.8, 4) is 11.3 Å². The fourth-order valence-electron chi connectivity index (χ4n) is 3.37. The molecule has 4 rings (SSSR count). The Labute approximate surface area is 142 Å². The summed E-state index contributed by atoms with van der Waals surface area (Å²) in [6.07, 6.45) is 1.92. The SMILES string of the molecule is Cc1c(C)n(Cc2ccccc2)c2c(-c3ccccc3)nccc12. The first-order valence-corrected chi connectivity index (χ1v) is 8.29. The summed E-state index contributed by atoms with van der Waals surface area (Å²) in [6, 6.07) is 23.2. The molecular weight excluding hydrogens is 292 g/mol. The van der Waals surface area contributed by atoms with E-state index in [0.29, 0.717) is 0 Å². The van der Waals surface area contributed by atoms with Gasteiger partial charge in [0.05, 0.1) is 11.2 Å². The van der Waals surface area contributed by atoms with E-state index in [4.69, 9.17) is 4.98 Å². The minimum Gasteiger partial charge on any atom is -0.338 e. The molecule has 0 radical (unpaired) electrons.